The highest BCUT2D eigenvalue weighted by molar-refractivity contribution is 6.09. The lowest BCUT2D eigenvalue weighted by molar-refractivity contribution is -0.136. The predicted molar refractivity (Wildman–Crippen MR) is 117 cm³/mol. The Morgan fingerprint density at radius 2 is 1.97 bits per heavy atom. The average molecular weight is 426 g/mol. The highest BCUT2D eigenvalue weighted by Gasteiger charge is 2.52. The molecule has 166 valence electrons. The molecule has 0 bridgehead atoms. The fourth-order valence-corrected chi connectivity index (χ4v) is 4.65. The van der Waals surface area contributed by atoms with Gasteiger partial charge in [0.25, 0.3) is 5.91 Å². The molecule has 8 heteroatoms. The monoisotopic (exact) mass is 425 g/mol. The first-order valence-corrected chi connectivity index (χ1v) is 11.2. The Balaban J connectivity index is 1.46. The second-order valence-corrected chi connectivity index (χ2v) is 9.47. The van der Waals surface area contributed by atoms with Gasteiger partial charge in [-0.1, -0.05) is 32.9 Å². The minimum atomic E-state index is -0.833. The van der Waals surface area contributed by atoms with Crippen LogP contribution in [0.3, 0.4) is 0 Å². The highest BCUT2D eigenvalue weighted by atomic mass is 16.2. The Morgan fingerprint density at radius 1 is 1.26 bits per heavy atom. The number of aromatic amines is 1. The van der Waals surface area contributed by atoms with Crippen molar-refractivity contribution in [3.05, 3.63) is 30.1 Å². The van der Waals surface area contributed by atoms with E-state index in [1.54, 1.807) is 0 Å². The van der Waals surface area contributed by atoms with Crippen molar-refractivity contribution in [2.45, 2.75) is 64.5 Å². The number of fused-ring (bicyclic) bond motifs is 1. The zero-order chi connectivity index (χ0) is 22.2. The molecule has 2 heterocycles. The maximum atomic E-state index is 13.0. The van der Waals surface area contributed by atoms with E-state index in [4.69, 9.17) is 0 Å². The number of H-pyrrole nitrogens is 1. The number of aromatic nitrogens is 2. The van der Waals surface area contributed by atoms with Crippen LogP contribution in [0.25, 0.3) is 11.0 Å². The molecule has 1 atom stereocenters. The van der Waals surface area contributed by atoms with Crippen molar-refractivity contribution in [2.24, 2.45) is 11.8 Å². The summed E-state index contributed by atoms with van der Waals surface area (Å²) in [6.07, 6.45) is 3.74. The van der Waals surface area contributed by atoms with Gasteiger partial charge in [-0.3, -0.25) is 14.5 Å². The number of rotatable bonds is 6. The maximum Gasteiger partial charge on any atom is 0.325 e. The minimum absolute atomic E-state index is 0.274. The number of benzene rings is 1. The minimum Gasteiger partial charge on any atom is -0.345 e. The van der Waals surface area contributed by atoms with Crippen LogP contribution < -0.4 is 10.6 Å². The maximum absolute atomic E-state index is 13.0. The topological polar surface area (TPSA) is 107 Å². The van der Waals surface area contributed by atoms with Crippen LogP contribution in [0.15, 0.2) is 24.3 Å². The lowest BCUT2D eigenvalue weighted by Crippen LogP contribution is -2.50. The molecule has 1 aromatic heterocycles. The molecule has 3 N–H and O–H groups in total. The van der Waals surface area contributed by atoms with E-state index in [0.717, 1.165) is 28.8 Å². The van der Waals surface area contributed by atoms with Crippen molar-refractivity contribution in [1.29, 1.82) is 0 Å². The average Bonchev–Trinajstić information content (AvgIpc) is 3.25. The zero-order valence-corrected chi connectivity index (χ0v) is 18.4. The fraction of sp³-hybridized carbons (Fsp3) is 0.565. The van der Waals surface area contributed by atoms with Gasteiger partial charge in [0.2, 0.25) is 5.91 Å². The number of imide groups is 1. The van der Waals surface area contributed by atoms with Gasteiger partial charge in [-0.25, -0.2) is 9.78 Å². The molecule has 0 unspecified atom stereocenters. The number of nitrogens with one attached hydrogen (secondary N) is 3. The van der Waals surface area contributed by atoms with Crippen molar-refractivity contribution in [1.82, 2.24) is 25.5 Å². The Labute approximate surface area is 182 Å². The van der Waals surface area contributed by atoms with E-state index in [1.165, 1.54) is 0 Å². The number of amides is 4. The number of para-hydroxylation sites is 2. The number of urea groups is 1. The molecule has 1 aromatic carbocycles. The molecular formula is C23H31N5O3. The van der Waals surface area contributed by atoms with E-state index in [9.17, 15) is 14.4 Å². The molecule has 4 amide bonds. The van der Waals surface area contributed by atoms with E-state index >= 15 is 0 Å². The summed E-state index contributed by atoms with van der Waals surface area (Å²) in [6, 6.07) is 6.91. The Hall–Kier alpha value is -2.90. The van der Waals surface area contributed by atoms with Crippen LogP contribution >= 0.6 is 0 Å². The van der Waals surface area contributed by atoms with Gasteiger partial charge in [0.15, 0.2) is 0 Å². The van der Waals surface area contributed by atoms with Gasteiger partial charge < -0.3 is 15.6 Å². The van der Waals surface area contributed by atoms with E-state index in [0.29, 0.717) is 36.9 Å². The van der Waals surface area contributed by atoms with Crippen LogP contribution in [-0.4, -0.2) is 44.8 Å². The van der Waals surface area contributed by atoms with E-state index in [1.807, 2.05) is 24.3 Å². The van der Waals surface area contributed by atoms with Gasteiger partial charge in [-0.05, 0) is 56.1 Å². The first-order valence-electron chi connectivity index (χ1n) is 11.2. The Morgan fingerprint density at radius 3 is 2.65 bits per heavy atom. The quantitative estimate of drug-likeness (QED) is 0.618. The Bertz CT molecular complexity index is 957. The second kappa shape index (κ2) is 8.32. The Kier molecular flexibility index (Phi) is 5.73. The summed E-state index contributed by atoms with van der Waals surface area (Å²) < 4.78 is 0. The number of hydrogen-bond donors (Lipinski definition) is 3. The van der Waals surface area contributed by atoms with Gasteiger partial charge in [0.05, 0.1) is 17.1 Å². The molecule has 2 fully saturated rings. The molecule has 1 saturated heterocycles. The van der Waals surface area contributed by atoms with Crippen LogP contribution in [0, 0.1) is 11.8 Å². The smallest absolute Gasteiger partial charge is 0.325 e. The van der Waals surface area contributed by atoms with Gasteiger partial charge in [0.1, 0.15) is 17.9 Å². The SMILES string of the molecule is CC(C)C[C@@H](NC(=O)CN1C(=O)NC2(CCC(C)CC2)C1=O)c1nc2ccccc2[nH]1. The van der Waals surface area contributed by atoms with E-state index in [-0.39, 0.29) is 24.4 Å². The van der Waals surface area contributed by atoms with Crippen molar-refractivity contribution in [3.63, 3.8) is 0 Å². The predicted octanol–water partition coefficient (Wildman–Crippen LogP) is 3.27. The summed E-state index contributed by atoms with van der Waals surface area (Å²) in [4.78, 5) is 47.4. The highest BCUT2D eigenvalue weighted by Crippen LogP contribution is 2.36. The summed E-state index contributed by atoms with van der Waals surface area (Å²) in [5.74, 6) is 0.911. The molecule has 2 aromatic rings. The van der Waals surface area contributed by atoms with Gasteiger partial charge >= 0.3 is 6.03 Å². The van der Waals surface area contributed by atoms with Crippen molar-refractivity contribution >= 4 is 28.9 Å². The molecule has 2 aliphatic rings. The summed E-state index contributed by atoms with van der Waals surface area (Å²) in [5, 5.41) is 5.85. The molecule has 4 rings (SSSR count). The van der Waals surface area contributed by atoms with Crippen LogP contribution in [0.4, 0.5) is 4.79 Å². The van der Waals surface area contributed by atoms with E-state index in [2.05, 4.69) is 41.4 Å². The van der Waals surface area contributed by atoms with Crippen LogP contribution in [-0.2, 0) is 9.59 Å². The first-order chi connectivity index (χ1) is 14.8. The molecule has 8 nitrogen and oxygen atoms in total. The molecule has 0 radical (unpaired) electrons. The number of hydrogen-bond acceptors (Lipinski definition) is 4. The van der Waals surface area contributed by atoms with Crippen LogP contribution in [0.1, 0.15) is 64.7 Å². The normalized spacial score (nSPS) is 24.8. The van der Waals surface area contributed by atoms with Gasteiger partial charge in [-0.15, -0.1) is 0 Å². The largest absolute Gasteiger partial charge is 0.345 e. The lowest BCUT2D eigenvalue weighted by atomic mass is 9.77. The van der Waals surface area contributed by atoms with Crippen LogP contribution in [0.2, 0.25) is 0 Å². The molecule has 1 aliphatic heterocycles. The summed E-state index contributed by atoms with van der Waals surface area (Å²) in [5.41, 5.74) is 0.908. The number of nitrogens with zero attached hydrogens (tertiary/aromatic N) is 2. The van der Waals surface area contributed by atoms with Gasteiger partial charge in [0, 0.05) is 0 Å². The van der Waals surface area contributed by atoms with Crippen LogP contribution in [0.5, 0.6) is 0 Å². The lowest BCUT2D eigenvalue weighted by Gasteiger charge is -2.33. The molecule has 1 spiro atoms. The van der Waals surface area contributed by atoms with Crippen molar-refractivity contribution in [3.8, 4) is 0 Å². The number of carbonyl (C=O) groups excluding carboxylic acids is 3. The first kappa shape index (κ1) is 21.3. The zero-order valence-electron chi connectivity index (χ0n) is 18.4. The third-order valence-electron chi connectivity index (χ3n) is 6.46. The summed E-state index contributed by atoms with van der Waals surface area (Å²) >= 11 is 0. The second-order valence-electron chi connectivity index (χ2n) is 9.47. The molecule has 1 aliphatic carbocycles. The molecular weight excluding hydrogens is 394 g/mol. The van der Waals surface area contributed by atoms with E-state index < -0.39 is 11.6 Å². The standard InChI is InChI=1S/C23H31N5O3/c1-14(2)12-18(20-25-16-6-4-5-7-17(16)26-20)24-19(29)13-28-21(30)23(27-22(28)31)10-8-15(3)9-11-23/h4-7,14-15,18H,8-13H2,1-3H3,(H,24,29)(H,25,26)(H,27,31)/t15?,18-,23?/m1/s1. The van der Waals surface area contributed by atoms with Gasteiger partial charge in [-0.2, -0.15) is 0 Å². The number of carbonyl (C=O) groups is 3. The summed E-state index contributed by atoms with van der Waals surface area (Å²) in [7, 11) is 0. The van der Waals surface area contributed by atoms with Crippen molar-refractivity contribution < 1.29 is 14.4 Å². The molecule has 31 heavy (non-hydrogen) atoms. The third kappa shape index (κ3) is 4.29. The fourth-order valence-electron chi connectivity index (χ4n) is 4.65. The third-order valence-corrected chi connectivity index (χ3v) is 6.46. The van der Waals surface area contributed by atoms with Crippen molar-refractivity contribution in [2.75, 3.05) is 6.54 Å². The molecule has 1 saturated carbocycles. The summed E-state index contributed by atoms with van der Waals surface area (Å²) in [6.45, 7) is 6.03. The number of imidazole rings is 1.